The molecule has 0 aliphatic heterocycles. The molecule has 0 N–H and O–H groups in total. The van der Waals surface area contributed by atoms with Crippen molar-refractivity contribution in [2.75, 3.05) is 0 Å². The van der Waals surface area contributed by atoms with Gasteiger partial charge in [-0.05, 0) is 36.2 Å². The molecule has 0 saturated carbocycles. The largest absolute Gasteiger partial charge is 0.423 e. The molecule has 0 bridgehead atoms. The second-order valence-electron chi connectivity index (χ2n) is 5.53. The molecule has 0 amide bonds. The minimum Gasteiger partial charge on any atom is -0.423 e. The Balaban J connectivity index is 1.86. The Morgan fingerprint density at radius 2 is 1.52 bits per heavy atom. The highest BCUT2D eigenvalue weighted by molar-refractivity contribution is 5.91. The van der Waals surface area contributed by atoms with Crippen LogP contribution in [0, 0.1) is 6.92 Å². The predicted octanol–water partition coefficient (Wildman–Crippen LogP) is 4.81. The third kappa shape index (κ3) is 3.86. The second-order valence-corrected chi connectivity index (χ2v) is 5.53. The van der Waals surface area contributed by atoms with Gasteiger partial charge >= 0.3 is 5.97 Å². The van der Waals surface area contributed by atoms with Gasteiger partial charge in [0.2, 0.25) is 0 Å². The molecule has 0 aliphatic carbocycles. The van der Waals surface area contributed by atoms with Crippen LogP contribution >= 0.6 is 0 Å². The summed E-state index contributed by atoms with van der Waals surface area (Å²) in [7, 11) is 0. The third-order valence-corrected chi connectivity index (χ3v) is 3.67. The van der Waals surface area contributed by atoms with Gasteiger partial charge in [-0.2, -0.15) is 0 Å². The summed E-state index contributed by atoms with van der Waals surface area (Å²) >= 11 is 0. The maximum Gasteiger partial charge on any atom is 0.343 e. The van der Waals surface area contributed by atoms with E-state index in [4.69, 9.17) is 4.74 Å². The lowest BCUT2D eigenvalue weighted by molar-refractivity contribution is 0.0733. The molecule has 0 aromatic heterocycles. The second kappa shape index (κ2) is 6.93. The number of benzene rings is 3. The molecule has 0 radical (unpaired) electrons. The van der Waals surface area contributed by atoms with Crippen LogP contribution in [0.2, 0.25) is 0 Å². The van der Waals surface area contributed by atoms with Gasteiger partial charge in [0.25, 0.3) is 0 Å². The van der Waals surface area contributed by atoms with Crippen LogP contribution in [-0.4, -0.2) is 5.97 Å². The molecular weight excluding hydrogens is 284 g/mol. The van der Waals surface area contributed by atoms with E-state index >= 15 is 0 Å². The Morgan fingerprint density at radius 1 is 0.870 bits per heavy atom. The zero-order valence-corrected chi connectivity index (χ0v) is 13.0. The number of rotatable bonds is 4. The maximum absolute atomic E-state index is 12.3. The summed E-state index contributed by atoms with van der Waals surface area (Å²) in [5, 5.41) is 0. The zero-order valence-electron chi connectivity index (χ0n) is 13.0. The molecule has 0 fully saturated rings. The predicted molar refractivity (Wildman–Crippen MR) is 91.8 cm³/mol. The van der Waals surface area contributed by atoms with Gasteiger partial charge in [-0.3, -0.25) is 0 Å². The van der Waals surface area contributed by atoms with Crippen LogP contribution in [0.25, 0.3) is 0 Å². The first kappa shape index (κ1) is 15.0. The van der Waals surface area contributed by atoms with E-state index in [0.717, 1.165) is 17.5 Å². The van der Waals surface area contributed by atoms with Crippen molar-refractivity contribution in [3.8, 4) is 5.75 Å². The van der Waals surface area contributed by atoms with E-state index in [9.17, 15) is 4.79 Å². The standard InChI is InChI=1S/C21H18O2/c1-16-12-13-20(23-21(22)18-10-6-3-7-11-18)19(14-16)15-17-8-4-2-5-9-17/h2-14H,15H2,1H3. The summed E-state index contributed by atoms with van der Waals surface area (Å²) in [6.45, 7) is 2.04. The molecule has 0 spiro atoms. The molecule has 114 valence electrons. The number of hydrogen-bond acceptors (Lipinski definition) is 2. The molecule has 3 aromatic carbocycles. The minimum atomic E-state index is -0.330. The van der Waals surface area contributed by atoms with Gasteiger partial charge in [-0.15, -0.1) is 0 Å². The highest BCUT2D eigenvalue weighted by Gasteiger charge is 2.12. The highest BCUT2D eigenvalue weighted by Crippen LogP contribution is 2.24. The molecule has 0 aliphatic rings. The first-order chi connectivity index (χ1) is 11.2. The summed E-state index contributed by atoms with van der Waals surface area (Å²) in [5.74, 6) is 0.289. The van der Waals surface area contributed by atoms with Crippen molar-refractivity contribution >= 4 is 5.97 Å². The molecule has 3 aromatic rings. The molecule has 23 heavy (non-hydrogen) atoms. The molecule has 2 nitrogen and oxygen atoms in total. The molecule has 3 rings (SSSR count). The minimum absolute atomic E-state index is 0.330. The number of aryl methyl sites for hydroxylation is 1. The van der Waals surface area contributed by atoms with Crippen LogP contribution < -0.4 is 4.74 Å². The fourth-order valence-electron chi connectivity index (χ4n) is 2.49. The van der Waals surface area contributed by atoms with Crippen LogP contribution in [0.3, 0.4) is 0 Å². The molecule has 2 heteroatoms. The summed E-state index contributed by atoms with van der Waals surface area (Å²) < 4.78 is 5.62. The Labute approximate surface area is 136 Å². The highest BCUT2D eigenvalue weighted by atomic mass is 16.5. The van der Waals surface area contributed by atoms with Crippen molar-refractivity contribution in [1.29, 1.82) is 0 Å². The van der Waals surface area contributed by atoms with E-state index in [1.165, 1.54) is 5.56 Å². The smallest absolute Gasteiger partial charge is 0.343 e. The lowest BCUT2D eigenvalue weighted by Crippen LogP contribution is -2.10. The van der Waals surface area contributed by atoms with Gasteiger partial charge in [0.05, 0.1) is 5.56 Å². The van der Waals surface area contributed by atoms with E-state index in [0.29, 0.717) is 11.3 Å². The quantitative estimate of drug-likeness (QED) is 0.511. The number of carbonyl (C=O) groups excluding carboxylic acids is 1. The summed E-state index contributed by atoms with van der Waals surface area (Å²) in [6.07, 6.45) is 0.736. The number of carbonyl (C=O) groups is 1. The molecule has 0 heterocycles. The molecular formula is C21H18O2. The van der Waals surface area contributed by atoms with E-state index in [1.807, 2.05) is 55.5 Å². The SMILES string of the molecule is Cc1ccc(OC(=O)c2ccccc2)c(Cc2ccccc2)c1. The van der Waals surface area contributed by atoms with Crippen molar-refractivity contribution in [1.82, 2.24) is 0 Å². The van der Waals surface area contributed by atoms with Crippen LogP contribution in [0.4, 0.5) is 0 Å². The fourth-order valence-corrected chi connectivity index (χ4v) is 2.49. The summed E-state index contributed by atoms with van der Waals surface area (Å²) in [4.78, 5) is 12.3. The van der Waals surface area contributed by atoms with E-state index in [-0.39, 0.29) is 5.97 Å². The van der Waals surface area contributed by atoms with Crippen LogP contribution in [0.15, 0.2) is 78.9 Å². The van der Waals surface area contributed by atoms with Gasteiger partial charge in [0, 0.05) is 6.42 Å². The molecule has 0 unspecified atom stereocenters. The van der Waals surface area contributed by atoms with Crippen molar-refractivity contribution in [3.05, 3.63) is 101 Å². The van der Waals surface area contributed by atoms with Gasteiger partial charge < -0.3 is 4.74 Å². The average molecular weight is 302 g/mol. The number of esters is 1. The van der Waals surface area contributed by atoms with E-state index < -0.39 is 0 Å². The Hall–Kier alpha value is -2.87. The fraction of sp³-hybridized carbons (Fsp3) is 0.0952. The zero-order chi connectivity index (χ0) is 16.1. The first-order valence-corrected chi connectivity index (χ1v) is 7.63. The Morgan fingerprint density at radius 3 is 2.22 bits per heavy atom. The van der Waals surface area contributed by atoms with Crippen LogP contribution in [-0.2, 0) is 6.42 Å². The Bertz CT molecular complexity index is 793. The lowest BCUT2D eigenvalue weighted by atomic mass is 10.0. The van der Waals surface area contributed by atoms with Crippen molar-refractivity contribution in [2.24, 2.45) is 0 Å². The van der Waals surface area contributed by atoms with E-state index in [1.54, 1.807) is 12.1 Å². The normalized spacial score (nSPS) is 10.3. The van der Waals surface area contributed by atoms with Crippen LogP contribution in [0.5, 0.6) is 5.75 Å². The first-order valence-electron chi connectivity index (χ1n) is 7.63. The number of hydrogen-bond donors (Lipinski definition) is 0. The van der Waals surface area contributed by atoms with Gasteiger partial charge in [-0.25, -0.2) is 4.79 Å². The maximum atomic E-state index is 12.3. The molecule has 0 atom stereocenters. The third-order valence-electron chi connectivity index (χ3n) is 3.67. The van der Waals surface area contributed by atoms with Gasteiger partial charge in [0.1, 0.15) is 5.75 Å². The van der Waals surface area contributed by atoms with Crippen molar-refractivity contribution < 1.29 is 9.53 Å². The summed E-state index contributed by atoms with van der Waals surface area (Å²) in [6, 6.07) is 25.1. The molecule has 0 saturated heterocycles. The van der Waals surface area contributed by atoms with Crippen LogP contribution in [0.1, 0.15) is 27.0 Å². The monoisotopic (exact) mass is 302 g/mol. The summed E-state index contributed by atoms with van der Waals surface area (Å²) in [5.41, 5.74) is 3.91. The topological polar surface area (TPSA) is 26.3 Å². The average Bonchev–Trinajstić information content (AvgIpc) is 2.59. The van der Waals surface area contributed by atoms with E-state index in [2.05, 4.69) is 18.2 Å². The van der Waals surface area contributed by atoms with Gasteiger partial charge in [-0.1, -0.05) is 66.2 Å². The van der Waals surface area contributed by atoms with Crippen molar-refractivity contribution in [3.63, 3.8) is 0 Å². The van der Waals surface area contributed by atoms with Gasteiger partial charge in [0.15, 0.2) is 0 Å². The Kier molecular flexibility index (Phi) is 4.53. The lowest BCUT2D eigenvalue weighted by Gasteiger charge is -2.11. The van der Waals surface area contributed by atoms with Crippen molar-refractivity contribution in [2.45, 2.75) is 13.3 Å². The number of ether oxygens (including phenoxy) is 1.